The monoisotopic (exact) mass is 364 g/mol. The second kappa shape index (κ2) is 7.43. The van der Waals surface area contributed by atoms with Crippen molar-refractivity contribution in [3.05, 3.63) is 59.6 Å². The number of nitrogens with one attached hydrogen (secondary N) is 1. The summed E-state index contributed by atoms with van der Waals surface area (Å²) in [5, 5.41) is 2.80. The third-order valence-corrected chi connectivity index (χ3v) is 5.31. The standard InChI is InChI=1S/C22H24N2O3/c1-15-14-19(15)20-10-8-18(27-20)9-11-21(25)23-17-6-4-16(5-7-17)22(26)24-12-2-3-13-24/h4-11,15,19H,2-3,12-14H2,1H3,(H,23,25)/b11-9+/t15-,19-/m1/s1. The highest BCUT2D eigenvalue weighted by Crippen LogP contribution is 2.47. The van der Waals surface area contributed by atoms with Gasteiger partial charge in [-0.1, -0.05) is 6.92 Å². The average Bonchev–Trinajstić information content (AvgIpc) is 3.11. The molecular formula is C22H24N2O3. The van der Waals surface area contributed by atoms with Gasteiger partial charge in [0, 0.05) is 36.3 Å². The Hall–Kier alpha value is -2.82. The number of benzene rings is 1. The molecule has 2 amide bonds. The Morgan fingerprint density at radius 3 is 2.48 bits per heavy atom. The van der Waals surface area contributed by atoms with Gasteiger partial charge in [-0.2, -0.15) is 0 Å². The van der Waals surface area contributed by atoms with Gasteiger partial charge in [-0.25, -0.2) is 0 Å². The Labute approximate surface area is 159 Å². The lowest BCUT2D eigenvalue weighted by Gasteiger charge is -2.15. The van der Waals surface area contributed by atoms with Crippen LogP contribution in [0.4, 0.5) is 5.69 Å². The molecule has 1 aliphatic heterocycles. The molecule has 140 valence electrons. The number of rotatable bonds is 5. The molecule has 2 aliphatic rings. The van der Waals surface area contributed by atoms with Crippen molar-refractivity contribution in [3.8, 4) is 0 Å². The van der Waals surface area contributed by atoms with E-state index in [1.165, 1.54) is 12.5 Å². The van der Waals surface area contributed by atoms with Crippen LogP contribution in [0.3, 0.4) is 0 Å². The molecule has 2 atom stereocenters. The van der Waals surface area contributed by atoms with Crippen molar-refractivity contribution >= 4 is 23.6 Å². The molecule has 4 rings (SSSR count). The van der Waals surface area contributed by atoms with Crippen molar-refractivity contribution in [2.24, 2.45) is 5.92 Å². The summed E-state index contributed by atoms with van der Waals surface area (Å²) < 4.78 is 5.76. The first kappa shape index (κ1) is 17.6. The Bertz CT molecular complexity index is 860. The number of carbonyl (C=O) groups excluding carboxylic acids is 2. The molecule has 2 fully saturated rings. The Morgan fingerprint density at radius 1 is 1.11 bits per heavy atom. The van der Waals surface area contributed by atoms with Crippen molar-refractivity contribution in [1.29, 1.82) is 0 Å². The van der Waals surface area contributed by atoms with Gasteiger partial charge in [0.05, 0.1) is 0 Å². The summed E-state index contributed by atoms with van der Waals surface area (Å²) >= 11 is 0. The van der Waals surface area contributed by atoms with E-state index < -0.39 is 0 Å². The number of anilines is 1. The highest BCUT2D eigenvalue weighted by Gasteiger charge is 2.36. The largest absolute Gasteiger partial charge is 0.461 e. The molecule has 0 bridgehead atoms. The van der Waals surface area contributed by atoms with Gasteiger partial charge in [0.2, 0.25) is 5.91 Å². The van der Waals surface area contributed by atoms with Crippen LogP contribution in [0.1, 0.15) is 54.0 Å². The number of furan rings is 1. The van der Waals surface area contributed by atoms with Gasteiger partial charge in [0.25, 0.3) is 5.91 Å². The van der Waals surface area contributed by atoms with E-state index in [-0.39, 0.29) is 11.8 Å². The van der Waals surface area contributed by atoms with Gasteiger partial charge in [-0.15, -0.1) is 0 Å². The maximum atomic E-state index is 12.3. The number of carbonyl (C=O) groups is 2. The fourth-order valence-corrected chi connectivity index (χ4v) is 3.52. The molecule has 1 saturated carbocycles. The van der Waals surface area contributed by atoms with Crippen molar-refractivity contribution in [2.45, 2.75) is 32.1 Å². The lowest BCUT2D eigenvalue weighted by atomic mass is 10.2. The van der Waals surface area contributed by atoms with Crippen LogP contribution in [0.2, 0.25) is 0 Å². The van der Waals surface area contributed by atoms with Gasteiger partial charge < -0.3 is 14.6 Å². The minimum atomic E-state index is -0.230. The van der Waals surface area contributed by atoms with E-state index in [4.69, 9.17) is 4.42 Å². The van der Waals surface area contributed by atoms with E-state index >= 15 is 0 Å². The third-order valence-electron chi connectivity index (χ3n) is 5.31. The maximum absolute atomic E-state index is 12.3. The second-order valence-electron chi connectivity index (χ2n) is 7.46. The minimum absolute atomic E-state index is 0.0591. The Balaban J connectivity index is 1.32. The molecule has 1 aliphatic carbocycles. The summed E-state index contributed by atoms with van der Waals surface area (Å²) in [5.74, 6) is 2.74. The van der Waals surface area contributed by atoms with E-state index in [0.717, 1.165) is 31.7 Å². The molecule has 1 N–H and O–H groups in total. The number of likely N-dealkylation sites (tertiary alicyclic amines) is 1. The summed E-state index contributed by atoms with van der Waals surface area (Å²) in [6.45, 7) is 3.87. The predicted molar refractivity (Wildman–Crippen MR) is 104 cm³/mol. The summed E-state index contributed by atoms with van der Waals surface area (Å²) in [6.07, 6.45) is 6.46. The molecule has 27 heavy (non-hydrogen) atoms. The van der Waals surface area contributed by atoms with Crippen molar-refractivity contribution < 1.29 is 14.0 Å². The smallest absolute Gasteiger partial charge is 0.253 e. The lowest BCUT2D eigenvalue weighted by Crippen LogP contribution is -2.27. The van der Waals surface area contributed by atoms with Crippen LogP contribution in [-0.2, 0) is 4.79 Å². The van der Waals surface area contributed by atoms with Gasteiger partial charge in [0.1, 0.15) is 11.5 Å². The number of hydrogen-bond acceptors (Lipinski definition) is 3. The summed E-state index contributed by atoms with van der Waals surface area (Å²) in [5.41, 5.74) is 1.32. The van der Waals surface area contributed by atoms with E-state index in [9.17, 15) is 9.59 Å². The Morgan fingerprint density at radius 2 is 1.81 bits per heavy atom. The van der Waals surface area contributed by atoms with Gasteiger partial charge in [-0.3, -0.25) is 9.59 Å². The first-order valence-electron chi connectivity index (χ1n) is 9.58. The highest BCUT2D eigenvalue weighted by molar-refractivity contribution is 6.02. The Kier molecular flexibility index (Phi) is 4.84. The van der Waals surface area contributed by atoms with Crippen molar-refractivity contribution in [2.75, 3.05) is 18.4 Å². The molecule has 0 unspecified atom stereocenters. The van der Waals surface area contributed by atoms with Crippen LogP contribution in [0, 0.1) is 5.92 Å². The van der Waals surface area contributed by atoms with Crippen LogP contribution in [0.25, 0.3) is 6.08 Å². The number of hydrogen-bond donors (Lipinski definition) is 1. The number of amides is 2. The van der Waals surface area contributed by atoms with Gasteiger partial charge >= 0.3 is 0 Å². The zero-order chi connectivity index (χ0) is 18.8. The first-order valence-corrected chi connectivity index (χ1v) is 9.58. The summed E-state index contributed by atoms with van der Waals surface area (Å²) in [4.78, 5) is 26.3. The van der Waals surface area contributed by atoms with E-state index in [0.29, 0.717) is 28.8 Å². The van der Waals surface area contributed by atoms with E-state index in [2.05, 4.69) is 12.2 Å². The zero-order valence-electron chi connectivity index (χ0n) is 15.5. The number of nitrogens with zero attached hydrogens (tertiary/aromatic N) is 1. The van der Waals surface area contributed by atoms with E-state index in [1.54, 1.807) is 30.3 Å². The van der Waals surface area contributed by atoms with Crippen LogP contribution in [-0.4, -0.2) is 29.8 Å². The SMILES string of the molecule is C[C@@H]1C[C@H]1c1ccc(/C=C/C(=O)Nc2ccc(C(=O)N3CCCC3)cc2)o1. The van der Waals surface area contributed by atoms with Crippen molar-refractivity contribution in [1.82, 2.24) is 4.90 Å². The van der Waals surface area contributed by atoms with Gasteiger partial charge in [-0.05, 0) is 67.7 Å². The predicted octanol–water partition coefficient (Wildman–Crippen LogP) is 4.29. The summed E-state index contributed by atoms with van der Waals surface area (Å²) in [7, 11) is 0. The minimum Gasteiger partial charge on any atom is -0.461 e. The third kappa shape index (κ3) is 4.13. The fourth-order valence-electron chi connectivity index (χ4n) is 3.52. The lowest BCUT2D eigenvalue weighted by molar-refractivity contribution is -0.111. The second-order valence-corrected chi connectivity index (χ2v) is 7.46. The van der Waals surface area contributed by atoms with Crippen LogP contribution < -0.4 is 5.32 Å². The van der Waals surface area contributed by atoms with Crippen molar-refractivity contribution in [3.63, 3.8) is 0 Å². The average molecular weight is 364 g/mol. The van der Waals surface area contributed by atoms with Crippen LogP contribution in [0.15, 0.2) is 46.9 Å². The highest BCUT2D eigenvalue weighted by atomic mass is 16.3. The topological polar surface area (TPSA) is 62.6 Å². The fraction of sp³-hybridized carbons (Fsp3) is 0.364. The normalized spacial score (nSPS) is 21.6. The molecule has 0 spiro atoms. The molecule has 5 nitrogen and oxygen atoms in total. The molecule has 5 heteroatoms. The molecule has 1 aromatic carbocycles. The quantitative estimate of drug-likeness (QED) is 0.805. The van der Waals surface area contributed by atoms with Gasteiger partial charge in [0.15, 0.2) is 0 Å². The maximum Gasteiger partial charge on any atom is 0.253 e. The van der Waals surface area contributed by atoms with Crippen LogP contribution in [0.5, 0.6) is 0 Å². The molecular weight excluding hydrogens is 340 g/mol. The molecule has 2 aromatic rings. The molecule has 1 aromatic heterocycles. The first-order chi connectivity index (χ1) is 13.1. The molecule has 0 radical (unpaired) electrons. The summed E-state index contributed by atoms with van der Waals surface area (Å²) in [6, 6.07) is 10.9. The zero-order valence-corrected chi connectivity index (χ0v) is 15.5. The molecule has 2 heterocycles. The van der Waals surface area contributed by atoms with E-state index in [1.807, 2.05) is 17.0 Å². The van der Waals surface area contributed by atoms with Crippen LogP contribution >= 0.6 is 0 Å². The molecule has 1 saturated heterocycles.